The van der Waals surface area contributed by atoms with Crippen LogP contribution in [0.4, 0.5) is 10.9 Å². The van der Waals surface area contributed by atoms with Gasteiger partial charge in [-0.3, -0.25) is 9.69 Å². The van der Waals surface area contributed by atoms with E-state index in [4.69, 9.17) is 0 Å². The van der Waals surface area contributed by atoms with E-state index in [-0.39, 0.29) is 5.91 Å². The summed E-state index contributed by atoms with van der Waals surface area (Å²) in [5.41, 5.74) is 1.58. The summed E-state index contributed by atoms with van der Waals surface area (Å²) in [6.45, 7) is 5.66. The van der Waals surface area contributed by atoms with Gasteiger partial charge in [-0.2, -0.15) is 5.26 Å². The minimum atomic E-state index is -0.104. The van der Waals surface area contributed by atoms with Crippen molar-refractivity contribution < 1.29 is 4.79 Å². The Balaban J connectivity index is 1.56. The van der Waals surface area contributed by atoms with Crippen LogP contribution in [0.3, 0.4) is 0 Å². The van der Waals surface area contributed by atoms with Gasteiger partial charge in [0.15, 0.2) is 5.13 Å². The molecule has 1 fully saturated rings. The van der Waals surface area contributed by atoms with E-state index in [0.717, 1.165) is 44.2 Å². The van der Waals surface area contributed by atoms with Crippen LogP contribution in [0.15, 0.2) is 23.7 Å². The minimum Gasteiger partial charge on any atom is -0.353 e. The van der Waals surface area contributed by atoms with Crippen molar-refractivity contribution in [1.82, 2.24) is 14.9 Å². The molecular formula is C16H18N6OS. The first kappa shape index (κ1) is 16.4. The van der Waals surface area contributed by atoms with E-state index in [1.807, 2.05) is 5.38 Å². The lowest BCUT2D eigenvalue weighted by molar-refractivity contribution is -0.114. The molecule has 2 aromatic rings. The molecule has 1 aliphatic rings. The first-order valence-electron chi connectivity index (χ1n) is 7.70. The number of nitriles is 1. The molecule has 0 bridgehead atoms. The summed E-state index contributed by atoms with van der Waals surface area (Å²) in [6, 6.07) is 5.79. The van der Waals surface area contributed by atoms with Gasteiger partial charge in [0.2, 0.25) is 5.91 Å². The summed E-state index contributed by atoms with van der Waals surface area (Å²) in [5.74, 6) is 0.662. The Morgan fingerprint density at radius 2 is 2.21 bits per heavy atom. The second-order valence-corrected chi connectivity index (χ2v) is 6.43. The highest BCUT2D eigenvalue weighted by molar-refractivity contribution is 7.13. The maximum atomic E-state index is 11.0. The number of nitrogens with one attached hydrogen (secondary N) is 1. The van der Waals surface area contributed by atoms with Crippen LogP contribution in [0, 0.1) is 11.3 Å². The third kappa shape index (κ3) is 3.88. The quantitative estimate of drug-likeness (QED) is 0.910. The number of anilines is 2. The van der Waals surface area contributed by atoms with Crippen LogP contribution in [0.1, 0.15) is 18.2 Å². The van der Waals surface area contributed by atoms with Gasteiger partial charge in [-0.1, -0.05) is 0 Å². The molecule has 0 atom stereocenters. The van der Waals surface area contributed by atoms with Gasteiger partial charge in [0.25, 0.3) is 0 Å². The van der Waals surface area contributed by atoms with Crippen molar-refractivity contribution in [2.24, 2.45) is 0 Å². The smallest absolute Gasteiger partial charge is 0.223 e. The maximum Gasteiger partial charge on any atom is 0.223 e. The summed E-state index contributed by atoms with van der Waals surface area (Å²) in [6.07, 6.45) is 1.72. The number of hydrogen-bond donors (Lipinski definition) is 1. The molecule has 0 spiro atoms. The molecule has 7 nitrogen and oxygen atoms in total. The second kappa shape index (κ2) is 7.38. The lowest BCUT2D eigenvalue weighted by atomic mass is 10.2. The fraction of sp³-hybridized carbons (Fsp3) is 0.375. The summed E-state index contributed by atoms with van der Waals surface area (Å²) in [4.78, 5) is 24.3. The Hall–Kier alpha value is -2.50. The summed E-state index contributed by atoms with van der Waals surface area (Å²) < 4.78 is 0. The molecule has 1 saturated heterocycles. The van der Waals surface area contributed by atoms with Crippen molar-refractivity contribution in [2.75, 3.05) is 36.4 Å². The predicted molar refractivity (Wildman–Crippen MR) is 92.9 cm³/mol. The monoisotopic (exact) mass is 342 g/mol. The molecule has 1 N–H and O–H groups in total. The third-order valence-corrected chi connectivity index (χ3v) is 4.61. The molecule has 1 amide bonds. The summed E-state index contributed by atoms with van der Waals surface area (Å²) in [7, 11) is 0. The average molecular weight is 342 g/mol. The highest BCUT2D eigenvalue weighted by atomic mass is 32.1. The number of rotatable bonds is 4. The molecule has 24 heavy (non-hydrogen) atoms. The molecule has 3 heterocycles. The van der Waals surface area contributed by atoms with Crippen molar-refractivity contribution in [3.05, 3.63) is 35.0 Å². The van der Waals surface area contributed by atoms with Gasteiger partial charge in [-0.15, -0.1) is 11.3 Å². The Morgan fingerprint density at radius 1 is 1.42 bits per heavy atom. The maximum absolute atomic E-state index is 11.0. The Bertz CT molecular complexity index is 760. The second-order valence-electron chi connectivity index (χ2n) is 5.57. The van der Waals surface area contributed by atoms with E-state index in [2.05, 4.69) is 31.2 Å². The number of thiazole rings is 1. The van der Waals surface area contributed by atoms with E-state index >= 15 is 0 Å². The fourth-order valence-electron chi connectivity index (χ4n) is 2.67. The fourth-order valence-corrected chi connectivity index (χ4v) is 3.42. The van der Waals surface area contributed by atoms with Crippen LogP contribution in [-0.4, -0.2) is 47.0 Å². The number of amides is 1. The Kier molecular flexibility index (Phi) is 5.03. The van der Waals surface area contributed by atoms with Crippen molar-refractivity contribution in [3.63, 3.8) is 0 Å². The van der Waals surface area contributed by atoms with Crippen molar-refractivity contribution in [3.8, 4) is 6.07 Å². The SMILES string of the molecule is CC(=O)Nc1nc(CN2CCN(c3ncccc3C#N)CC2)cs1. The number of aromatic nitrogens is 2. The van der Waals surface area contributed by atoms with Crippen LogP contribution in [0.2, 0.25) is 0 Å². The first-order chi connectivity index (χ1) is 11.7. The molecule has 0 radical (unpaired) electrons. The van der Waals surface area contributed by atoms with Crippen LogP contribution < -0.4 is 10.2 Å². The third-order valence-electron chi connectivity index (χ3n) is 3.80. The van der Waals surface area contributed by atoms with Crippen LogP contribution in [-0.2, 0) is 11.3 Å². The number of carbonyl (C=O) groups is 1. The number of piperazine rings is 1. The predicted octanol–water partition coefficient (Wildman–Crippen LogP) is 1.69. The van der Waals surface area contributed by atoms with E-state index in [9.17, 15) is 10.1 Å². The summed E-state index contributed by atoms with van der Waals surface area (Å²) >= 11 is 1.44. The van der Waals surface area contributed by atoms with Gasteiger partial charge in [0.1, 0.15) is 11.9 Å². The normalized spacial score (nSPS) is 15.1. The number of pyridine rings is 1. The standard InChI is InChI=1S/C16H18N6OS/c1-12(23)19-16-20-14(11-24-16)10-21-5-7-22(8-6-21)15-13(9-17)3-2-4-18-15/h2-4,11H,5-8,10H2,1H3,(H,19,20,23). The van der Waals surface area contributed by atoms with Crippen LogP contribution in [0.25, 0.3) is 0 Å². The van der Waals surface area contributed by atoms with Crippen LogP contribution >= 0.6 is 11.3 Å². The minimum absolute atomic E-state index is 0.104. The molecule has 0 unspecified atom stereocenters. The van der Waals surface area contributed by atoms with Gasteiger partial charge >= 0.3 is 0 Å². The van der Waals surface area contributed by atoms with Crippen molar-refractivity contribution in [2.45, 2.75) is 13.5 Å². The molecule has 0 aromatic carbocycles. The zero-order valence-electron chi connectivity index (χ0n) is 13.4. The topological polar surface area (TPSA) is 85.2 Å². The molecule has 0 aliphatic carbocycles. The molecule has 1 aliphatic heterocycles. The number of hydrogen-bond acceptors (Lipinski definition) is 7. The highest BCUT2D eigenvalue weighted by Crippen LogP contribution is 2.20. The highest BCUT2D eigenvalue weighted by Gasteiger charge is 2.20. The lowest BCUT2D eigenvalue weighted by Crippen LogP contribution is -2.46. The van der Waals surface area contributed by atoms with Gasteiger partial charge in [0, 0.05) is 51.2 Å². The molecular weight excluding hydrogens is 324 g/mol. The van der Waals surface area contributed by atoms with Crippen LogP contribution in [0.5, 0.6) is 0 Å². The Labute approximate surface area is 144 Å². The first-order valence-corrected chi connectivity index (χ1v) is 8.58. The van der Waals surface area contributed by atoms with E-state index in [1.165, 1.54) is 18.3 Å². The van der Waals surface area contributed by atoms with Crippen molar-refractivity contribution >= 4 is 28.2 Å². The van der Waals surface area contributed by atoms with E-state index in [1.54, 1.807) is 18.3 Å². The number of nitrogens with zero attached hydrogens (tertiary/aromatic N) is 5. The van der Waals surface area contributed by atoms with E-state index in [0.29, 0.717) is 10.7 Å². The molecule has 3 rings (SSSR count). The number of carbonyl (C=O) groups excluding carboxylic acids is 1. The zero-order valence-corrected chi connectivity index (χ0v) is 14.2. The summed E-state index contributed by atoms with van der Waals surface area (Å²) in [5, 5.41) is 14.5. The Morgan fingerprint density at radius 3 is 2.92 bits per heavy atom. The van der Waals surface area contributed by atoms with Crippen molar-refractivity contribution in [1.29, 1.82) is 5.26 Å². The van der Waals surface area contributed by atoms with Gasteiger partial charge in [0.05, 0.1) is 11.3 Å². The molecule has 124 valence electrons. The largest absolute Gasteiger partial charge is 0.353 e. The van der Waals surface area contributed by atoms with E-state index < -0.39 is 0 Å². The molecule has 2 aromatic heterocycles. The van der Waals surface area contributed by atoms with Gasteiger partial charge in [-0.05, 0) is 12.1 Å². The molecule has 0 saturated carbocycles. The lowest BCUT2D eigenvalue weighted by Gasteiger charge is -2.35. The zero-order chi connectivity index (χ0) is 16.9. The van der Waals surface area contributed by atoms with Gasteiger partial charge in [-0.25, -0.2) is 9.97 Å². The average Bonchev–Trinajstić information content (AvgIpc) is 3.01. The molecule has 8 heteroatoms. The van der Waals surface area contributed by atoms with Gasteiger partial charge < -0.3 is 10.2 Å².